The molecule has 0 aliphatic heterocycles. The molecule has 0 radical (unpaired) electrons. The van der Waals surface area contributed by atoms with E-state index in [1.807, 2.05) is 13.8 Å². The largest absolute Gasteiger partial charge is 0.325 e. The fourth-order valence-electron chi connectivity index (χ4n) is 0.956. The van der Waals surface area contributed by atoms with Crippen molar-refractivity contribution in [3.63, 3.8) is 0 Å². The van der Waals surface area contributed by atoms with Crippen LogP contribution >= 0.6 is 11.6 Å². The highest BCUT2D eigenvalue weighted by Crippen LogP contribution is 2.20. The molecule has 11 heavy (non-hydrogen) atoms. The van der Waals surface area contributed by atoms with Crippen molar-refractivity contribution < 1.29 is 0 Å². The number of nitrogens with two attached hydrogens (primary N) is 1. The summed E-state index contributed by atoms with van der Waals surface area (Å²) < 4.78 is 0. The topological polar surface area (TPSA) is 38.9 Å². The van der Waals surface area contributed by atoms with Gasteiger partial charge in [0, 0.05) is 17.8 Å². The summed E-state index contributed by atoms with van der Waals surface area (Å²) in [7, 11) is 0. The summed E-state index contributed by atoms with van der Waals surface area (Å²) in [5.74, 6) is 0. The van der Waals surface area contributed by atoms with E-state index in [0.29, 0.717) is 6.54 Å². The molecule has 0 saturated carbocycles. The van der Waals surface area contributed by atoms with Crippen LogP contribution in [0.5, 0.6) is 0 Å². The Morgan fingerprint density at radius 2 is 2.18 bits per heavy atom. The van der Waals surface area contributed by atoms with Crippen LogP contribution in [0.3, 0.4) is 0 Å². The third-order valence-electron chi connectivity index (χ3n) is 1.72. The summed E-state index contributed by atoms with van der Waals surface area (Å²) in [4.78, 5) is 4.15. The third-order valence-corrected chi connectivity index (χ3v) is 2.30. The first-order valence-electron chi connectivity index (χ1n) is 3.47. The van der Waals surface area contributed by atoms with Gasteiger partial charge in [-0.05, 0) is 25.0 Å². The van der Waals surface area contributed by atoms with Crippen LogP contribution in [0.2, 0.25) is 5.02 Å². The van der Waals surface area contributed by atoms with Crippen molar-refractivity contribution in [3.8, 4) is 0 Å². The van der Waals surface area contributed by atoms with Gasteiger partial charge >= 0.3 is 0 Å². The van der Waals surface area contributed by atoms with Crippen LogP contribution in [0.1, 0.15) is 16.8 Å². The van der Waals surface area contributed by atoms with Gasteiger partial charge in [-0.3, -0.25) is 4.98 Å². The quantitative estimate of drug-likeness (QED) is 0.698. The van der Waals surface area contributed by atoms with Gasteiger partial charge in [0.05, 0.1) is 5.69 Å². The average molecular weight is 171 g/mol. The molecule has 0 spiro atoms. The van der Waals surface area contributed by atoms with Gasteiger partial charge in [-0.2, -0.15) is 0 Å². The number of aromatic nitrogens is 1. The Labute approximate surface area is 71.4 Å². The Morgan fingerprint density at radius 3 is 2.73 bits per heavy atom. The summed E-state index contributed by atoms with van der Waals surface area (Å²) in [5, 5.41) is 0.778. The van der Waals surface area contributed by atoms with Crippen molar-refractivity contribution in [3.05, 3.63) is 28.0 Å². The molecule has 1 aromatic heterocycles. The molecule has 0 amide bonds. The van der Waals surface area contributed by atoms with Gasteiger partial charge in [0.25, 0.3) is 0 Å². The van der Waals surface area contributed by atoms with Crippen molar-refractivity contribution in [2.45, 2.75) is 20.4 Å². The minimum absolute atomic E-state index is 0.450. The number of pyridine rings is 1. The molecule has 2 nitrogen and oxygen atoms in total. The lowest BCUT2D eigenvalue weighted by Crippen LogP contribution is -2.03. The van der Waals surface area contributed by atoms with Gasteiger partial charge in [-0.25, -0.2) is 0 Å². The lowest BCUT2D eigenvalue weighted by Gasteiger charge is -2.05. The van der Waals surface area contributed by atoms with Crippen LogP contribution < -0.4 is 5.73 Å². The van der Waals surface area contributed by atoms with E-state index in [1.54, 1.807) is 6.20 Å². The lowest BCUT2D eigenvalue weighted by atomic mass is 10.1. The first-order valence-corrected chi connectivity index (χ1v) is 3.85. The number of rotatable bonds is 1. The van der Waals surface area contributed by atoms with E-state index in [0.717, 1.165) is 21.8 Å². The second-order valence-electron chi connectivity index (χ2n) is 2.53. The summed E-state index contributed by atoms with van der Waals surface area (Å²) in [5.41, 5.74) is 8.32. The fraction of sp³-hybridized carbons (Fsp3) is 0.375. The number of nitrogens with zero attached hydrogens (tertiary/aromatic N) is 1. The molecule has 1 aromatic rings. The summed E-state index contributed by atoms with van der Waals surface area (Å²) in [6, 6.07) is 0. The highest BCUT2D eigenvalue weighted by atomic mass is 35.5. The average Bonchev–Trinajstić information content (AvgIpc) is 2.01. The molecule has 0 unspecified atom stereocenters. The highest BCUT2D eigenvalue weighted by Gasteiger charge is 2.04. The normalized spacial score (nSPS) is 10.2. The van der Waals surface area contributed by atoms with Gasteiger partial charge in [-0.1, -0.05) is 11.6 Å². The first kappa shape index (κ1) is 8.50. The number of hydrogen-bond acceptors (Lipinski definition) is 2. The van der Waals surface area contributed by atoms with Crippen LogP contribution in [0.15, 0.2) is 6.20 Å². The zero-order valence-electron chi connectivity index (χ0n) is 6.69. The van der Waals surface area contributed by atoms with Crippen LogP contribution in [0, 0.1) is 13.8 Å². The smallest absolute Gasteiger partial charge is 0.0583 e. The molecule has 0 aromatic carbocycles. The highest BCUT2D eigenvalue weighted by molar-refractivity contribution is 6.32. The Morgan fingerprint density at radius 1 is 1.55 bits per heavy atom. The van der Waals surface area contributed by atoms with Crippen molar-refractivity contribution in [1.82, 2.24) is 4.98 Å². The maximum atomic E-state index is 5.97. The minimum atomic E-state index is 0.450. The SMILES string of the molecule is Cc1cnc(CN)c(C)c1Cl. The predicted octanol–water partition coefficient (Wildman–Crippen LogP) is 1.81. The Bertz CT molecular complexity index is 271. The molecule has 0 bridgehead atoms. The molecule has 0 saturated heterocycles. The Balaban J connectivity index is 3.25. The lowest BCUT2D eigenvalue weighted by molar-refractivity contribution is 0.962. The van der Waals surface area contributed by atoms with Gasteiger partial charge in [0.1, 0.15) is 0 Å². The monoisotopic (exact) mass is 170 g/mol. The number of aryl methyl sites for hydroxylation is 1. The first-order chi connectivity index (χ1) is 5.16. The van der Waals surface area contributed by atoms with Gasteiger partial charge in [-0.15, -0.1) is 0 Å². The molecule has 0 aliphatic rings. The van der Waals surface area contributed by atoms with Crippen LogP contribution in [0.25, 0.3) is 0 Å². The Kier molecular flexibility index (Phi) is 2.47. The van der Waals surface area contributed by atoms with E-state index in [9.17, 15) is 0 Å². The number of hydrogen-bond donors (Lipinski definition) is 1. The van der Waals surface area contributed by atoms with E-state index >= 15 is 0 Å². The molecule has 0 aliphatic carbocycles. The summed E-state index contributed by atoms with van der Waals surface area (Å²) in [6.45, 7) is 4.32. The van der Waals surface area contributed by atoms with Crippen LogP contribution in [-0.4, -0.2) is 4.98 Å². The molecule has 1 rings (SSSR count). The van der Waals surface area contributed by atoms with E-state index in [2.05, 4.69) is 4.98 Å². The van der Waals surface area contributed by atoms with Crippen molar-refractivity contribution in [1.29, 1.82) is 0 Å². The molecule has 60 valence electrons. The fourth-order valence-corrected chi connectivity index (χ4v) is 1.11. The molecular formula is C8H11ClN2. The Hall–Kier alpha value is -0.600. The zero-order valence-corrected chi connectivity index (χ0v) is 7.44. The van der Waals surface area contributed by atoms with E-state index in [-0.39, 0.29) is 0 Å². The second kappa shape index (κ2) is 3.20. The second-order valence-corrected chi connectivity index (χ2v) is 2.91. The molecule has 0 fully saturated rings. The minimum Gasteiger partial charge on any atom is -0.325 e. The molecule has 0 atom stereocenters. The van der Waals surface area contributed by atoms with Crippen LogP contribution in [0.4, 0.5) is 0 Å². The maximum Gasteiger partial charge on any atom is 0.0583 e. The van der Waals surface area contributed by atoms with E-state index in [1.165, 1.54) is 0 Å². The zero-order chi connectivity index (χ0) is 8.43. The molecular weight excluding hydrogens is 160 g/mol. The van der Waals surface area contributed by atoms with E-state index in [4.69, 9.17) is 17.3 Å². The predicted molar refractivity (Wildman–Crippen MR) is 46.6 cm³/mol. The standard InChI is InChI=1S/C8H11ClN2/c1-5-4-11-7(3-10)6(2)8(5)9/h4H,3,10H2,1-2H3. The van der Waals surface area contributed by atoms with Gasteiger partial charge in [0.15, 0.2) is 0 Å². The maximum absolute atomic E-state index is 5.97. The summed E-state index contributed by atoms with van der Waals surface area (Å²) in [6.07, 6.45) is 1.75. The summed E-state index contributed by atoms with van der Waals surface area (Å²) >= 11 is 5.97. The van der Waals surface area contributed by atoms with Gasteiger partial charge < -0.3 is 5.73 Å². The van der Waals surface area contributed by atoms with Crippen molar-refractivity contribution in [2.75, 3.05) is 0 Å². The van der Waals surface area contributed by atoms with Crippen molar-refractivity contribution in [2.24, 2.45) is 5.73 Å². The number of halogens is 1. The van der Waals surface area contributed by atoms with Gasteiger partial charge in [0.2, 0.25) is 0 Å². The van der Waals surface area contributed by atoms with Crippen molar-refractivity contribution >= 4 is 11.6 Å². The molecule has 3 heteroatoms. The molecule has 1 heterocycles. The molecule has 2 N–H and O–H groups in total. The van der Waals surface area contributed by atoms with E-state index < -0.39 is 0 Å². The van der Waals surface area contributed by atoms with Crippen LogP contribution in [-0.2, 0) is 6.54 Å². The third kappa shape index (κ3) is 1.52.